The van der Waals surface area contributed by atoms with E-state index in [2.05, 4.69) is 526 Å². The molecule has 660 valence electrons. The summed E-state index contributed by atoms with van der Waals surface area (Å²) < 4.78 is 0. The molecule has 0 aliphatic carbocycles. The average molecular weight is 1790 g/mol. The van der Waals surface area contributed by atoms with Gasteiger partial charge in [0.15, 0.2) is 0 Å². The first-order chi connectivity index (χ1) is 69.5. The Balaban J connectivity index is 0.0000000905. The second kappa shape index (κ2) is 34.5. The first kappa shape index (κ1) is 83.9. The monoisotopic (exact) mass is 1790 g/mol. The van der Waals surface area contributed by atoms with Gasteiger partial charge in [0.05, 0.1) is 0 Å². The Kier molecular flexibility index (Phi) is 20.5. The lowest BCUT2D eigenvalue weighted by Crippen LogP contribution is -1.90. The van der Waals surface area contributed by atoms with Gasteiger partial charge in [0, 0.05) is 0 Å². The smallest absolute Gasteiger partial charge is 0.00205 e. The van der Waals surface area contributed by atoms with Crippen molar-refractivity contribution in [1.29, 1.82) is 0 Å². The highest BCUT2D eigenvalue weighted by Gasteiger charge is 2.22. The number of fused-ring (bicyclic) bond motifs is 2. The Bertz CT molecular complexity index is 10100. The molecule has 0 aromatic heterocycles. The lowest BCUT2D eigenvalue weighted by Gasteiger charge is -2.17. The minimum atomic E-state index is 1.25. The summed E-state index contributed by atoms with van der Waals surface area (Å²) >= 11 is 0. The molecule has 0 aliphatic heterocycles. The molecule has 0 heterocycles. The zero-order valence-corrected chi connectivity index (χ0v) is 79.3. The van der Waals surface area contributed by atoms with Crippen LogP contribution in [0.2, 0.25) is 0 Å². The van der Waals surface area contributed by atoms with Gasteiger partial charge in [0.1, 0.15) is 0 Å². The molecule has 30 aromatic carbocycles. The van der Waals surface area contributed by atoms with E-state index in [1.54, 1.807) is 0 Å². The Labute approximate surface area is 819 Å². The summed E-state index contributed by atoms with van der Waals surface area (Å²) in [6, 6.07) is 180. The normalized spacial score (nSPS) is 11.7. The number of rotatable bonds is 8. The summed E-state index contributed by atoms with van der Waals surface area (Å²) in [7, 11) is 0. The van der Waals surface area contributed by atoms with Crippen LogP contribution in [0.3, 0.4) is 0 Å². The number of aryl methyl sites for hydroxylation is 5. The molecule has 0 aliphatic rings. The minimum Gasteiger partial charge on any atom is -0.0622 e. The molecule has 0 radical (unpaired) electrons. The van der Waals surface area contributed by atoms with Gasteiger partial charge in [-0.3, -0.25) is 0 Å². The van der Waals surface area contributed by atoms with Gasteiger partial charge in [0.2, 0.25) is 0 Å². The van der Waals surface area contributed by atoms with Crippen LogP contribution in [0.15, 0.2) is 491 Å². The van der Waals surface area contributed by atoms with E-state index in [-0.39, 0.29) is 0 Å². The van der Waals surface area contributed by atoms with E-state index in [1.165, 1.54) is 300 Å². The van der Waals surface area contributed by atoms with E-state index >= 15 is 0 Å². The van der Waals surface area contributed by atoms with Crippen LogP contribution in [0, 0.1) is 34.6 Å². The fourth-order valence-corrected chi connectivity index (χ4v) is 23.3. The summed E-state index contributed by atoms with van der Waals surface area (Å²) in [5, 5.41) is 45.7. The maximum absolute atomic E-state index is 2.31. The predicted octanol–water partition coefficient (Wildman–Crippen LogP) is 40.1. The van der Waals surface area contributed by atoms with Gasteiger partial charge in [-0.1, -0.05) is 479 Å². The summed E-state index contributed by atoms with van der Waals surface area (Å²) in [6.45, 7) is 11.0. The van der Waals surface area contributed by atoms with Crippen LogP contribution in [0.4, 0.5) is 0 Å². The van der Waals surface area contributed by atoms with E-state index in [9.17, 15) is 0 Å². The predicted molar refractivity (Wildman–Crippen MR) is 613 cm³/mol. The van der Waals surface area contributed by atoms with Crippen LogP contribution in [-0.2, 0) is 0 Å². The quantitative estimate of drug-likeness (QED) is 0.133. The Morgan fingerprint density at radius 3 is 0.730 bits per heavy atom. The van der Waals surface area contributed by atoms with Crippen molar-refractivity contribution in [2.45, 2.75) is 34.6 Å². The van der Waals surface area contributed by atoms with Crippen molar-refractivity contribution in [3.05, 3.63) is 519 Å². The van der Waals surface area contributed by atoms with Gasteiger partial charge in [0.25, 0.3) is 0 Å². The maximum atomic E-state index is 2.31. The molecule has 0 saturated carbocycles. The second-order valence-corrected chi connectivity index (χ2v) is 38.5. The molecular weight excluding hydrogens is 1690 g/mol. The van der Waals surface area contributed by atoms with Crippen LogP contribution in [-0.4, -0.2) is 0 Å². The topological polar surface area (TPSA) is 0 Å². The molecule has 0 heteroatoms. The molecule has 0 spiro atoms. The Morgan fingerprint density at radius 2 is 0.312 bits per heavy atom. The van der Waals surface area contributed by atoms with Crippen molar-refractivity contribution in [3.8, 4) is 89.0 Å². The summed E-state index contributed by atoms with van der Waals surface area (Å²) in [5.74, 6) is 0. The van der Waals surface area contributed by atoms with Crippen molar-refractivity contribution in [2.75, 3.05) is 0 Å². The first-order valence-electron chi connectivity index (χ1n) is 49.3. The van der Waals surface area contributed by atoms with Gasteiger partial charge in [-0.05, 0) is 347 Å². The summed E-state index contributed by atoms with van der Waals surface area (Å²) in [6.07, 6.45) is 0. The molecule has 0 atom stereocenters. The molecule has 0 bridgehead atoms. The standard InChI is InChI=1S/3C29H20.2C27H18/c1-19-11-12-21-15-18-27-26(17-14-22-13-16-23(19)28(21)29(22)27)25-10-6-5-9-24(25)20-7-3-2-4-8-20;1-19-10-11-21-14-17-27-26(16-13-22-12-15-25(19)28(21)29(22)27)24-9-5-8-23(18-24)20-6-3-2-4-7-20;1-19-7-8-23-15-18-27-26(17-14-24-13-16-25(19)28(23)29(24)27)22-11-9-21(10-12-22)20-5-3-2-4-6-20;1-17-9-10-19-13-16-25-24(15-12-20-11-14-21(17)26(19)27(20)25)23-8-4-6-18-5-2-3-7-22(18)23;1-17-6-7-19-12-15-25-24(14-11-20-10-13-23(17)26(19)27(20)25)22-9-8-18-4-2-3-5-21(18)16-22/h3*2-18H,1H3;2*2-16H,1H3. The van der Waals surface area contributed by atoms with E-state index in [0.717, 1.165) is 0 Å². The van der Waals surface area contributed by atoms with Crippen molar-refractivity contribution < 1.29 is 0 Å². The van der Waals surface area contributed by atoms with Crippen molar-refractivity contribution in [1.82, 2.24) is 0 Å². The first-order valence-corrected chi connectivity index (χ1v) is 49.3. The zero-order chi connectivity index (χ0) is 94.0. The number of benzene rings is 30. The Morgan fingerprint density at radius 1 is 0.0922 bits per heavy atom. The highest BCUT2D eigenvalue weighted by atomic mass is 14.3. The second-order valence-electron chi connectivity index (χ2n) is 38.5. The third-order valence-electron chi connectivity index (χ3n) is 30.4. The molecule has 0 fully saturated rings. The van der Waals surface area contributed by atoms with Crippen molar-refractivity contribution in [3.63, 3.8) is 0 Å². The summed E-state index contributed by atoms with van der Waals surface area (Å²) in [4.78, 5) is 0. The van der Waals surface area contributed by atoms with Gasteiger partial charge in [-0.2, -0.15) is 0 Å². The lowest BCUT2D eigenvalue weighted by atomic mass is 9.86. The fourth-order valence-electron chi connectivity index (χ4n) is 23.3. The molecule has 0 unspecified atom stereocenters. The van der Waals surface area contributed by atoms with Crippen LogP contribution < -0.4 is 0 Å². The van der Waals surface area contributed by atoms with E-state index in [1.807, 2.05) is 0 Å². The Hall–Kier alpha value is -17.7. The van der Waals surface area contributed by atoms with E-state index in [0.29, 0.717) is 0 Å². The zero-order valence-electron chi connectivity index (χ0n) is 79.3. The molecule has 0 nitrogen and oxygen atoms in total. The SMILES string of the molecule is Cc1ccc2ccc3c(-c4ccc(-c5ccccc5)cc4)ccc4ccc1c2c43.Cc1ccc2ccc3c(-c4ccc5ccccc5c4)ccc4ccc1c2c43.Cc1ccc2ccc3c(-c4cccc(-c5ccccc5)c4)ccc4ccc1c2c43.Cc1ccc2ccc3c(-c4cccc5ccccc45)ccc4ccc1c2c43.Cc1ccc2ccc3c(-c4ccccc4-c4ccccc4)ccc4ccc1c2c43. The third-order valence-corrected chi connectivity index (χ3v) is 30.4. The van der Waals surface area contributed by atoms with E-state index < -0.39 is 0 Å². The van der Waals surface area contributed by atoms with Gasteiger partial charge in [-0.15, -0.1) is 0 Å². The van der Waals surface area contributed by atoms with Gasteiger partial charge in [-0.25, -0.2) is 0 Å². The van der Waals surface area contributed by atoms with Crippen LogP contribution in [0.1, 0.15) is 27.8 Å². The number of hydrogen-bond acceptors (Lipinski definition) is 0. The van der Waals surface area contributed by atoms with Gasteiger partial charge >= 0.3 is 0 Å². The molecular formula is C141H96. The van der Waals surface area contributed by atoms with Gasteiger partial charge < -0.3 is 0 Å². The van der Waals surface area contributed by atoms with Crippen LogP contribution in [0.5, 0.6) is 0 Å². The summed E-state index contributed by atoms with van der Waals surface area (Å²) in [5.41, 5.74) is 27.2. The lowest BCUT2D eigenvalue weighted by molar-refractivity contribution is 1.55. The van der Waals surface area contributed by atoms with Crippen molar-refractivity contribution >= 4 is 183 Å². The highest BCUT2D eigenvalue weighted by molar-refractivity contribution is 6.32. The number of hydrogen-bond donors (Lipinski definition) is 0. The van der Waals surface area contributed by atoms with Crippen molar-refractivity contribution in [2.24, 2.45) is 0 Å². The van der Waals surface area contributed by atoms with Crippen LogP contribution in [0.25, 0.3) is 272 Å². The van der Waals surface area contributed by atoms with E-state index in [4.69, 9.17) is 0 Å². The molecule has 0 N–H and O–H groups in total. The third kappa shape index (κ3) is 14.4. The molecule has 30 rings (SSSR count). The molecule has 141 heavy (non-hydrogen) atoms. The fraction of sp³-hybridized carbons (Fsp3) is 0.0355. The highest BCUT2D eigenvalue weighted by Crippen LogP contribution is 2.49. The van der Waals surface area contributed by atoms with Crippen LogP contribution >= 0.6 is 0 Å². The maximum Gasteiger partial charge on any atom is -0.00205 e. The molecule has 30 aromatic rings. The minimum absolute atomic E-state index is 1.25. The molecule has 0 saturated heterocycles. The average Bonchev–Trinajstić information content (AvgIpc) is 0.741. The largest absolute Gasteiger partial charge is 0.0622 e. The molecule has 0 amide bonds.